The first-order valence-electron chi connectivity index (χ1n) is 6.09. The van der Waals surface area contributed by atoms with E-state index >= 15 is 0 Å². The van der Waals surface area contributed by atoms with Crippen molar-refractivity contribution in [3.63, 3.8) is 0 Å². The molecule has 16 heavy (non-hydrogen) atoms. The molecule has 2 aliphatic carbocycles. The van der Waals surface area contributed by atoms with Crippen molar-refractivity contribution >= 4 is 12.1 Å². The van der Waals surface area contributed by atoms with E-state index in [-0.39, 0.29) is 24.0 Å². The van der Waals surface area contributed by atoms with Crippen molar-refractivity contribution in [2.45, 2.75) is 44.8 Å². The highest BCUT2D eigenvalue weighted by Crippen LogP contribution is 2.47. The lowest BCUT2D eigenvalue weighted by Gasteiger charge is -2.48. The van der Waals surface area contributed by atoms with E-state index in [2.05, 4.69) is 0 Å². The fourth-order valence-corrected chi connectivity index (χ4v) is 3.48. The molecule has 3 nitrogen and oxygen atoms in total. The van der Waals surface area contributed by atoms with Crippen molar-refractivity contribution in [1.29, 1.82) is 0 Å². The number of carbonyl (C=O) groups is 2. The van der Waals surface area contributed by atoms with Gasteiger partial charge in [-0.25, -0.2) is 0 Å². The first-order valence-corrected chi connectivity index (χ1v) is 6.09. The van der Waals surface area contributed by atoms with Crippen molar-refractivity contribution in [3.05, 3.63) is 11.1 Å². The Morgan fingerprint density at radius 3 is 2.94 bits per heavy atom. The van der Waals surface area contributed by atoms with E-state index in [1.54, 1.807) is 0 Å². The van der Waals surface area contributed by atoms with Gasteiger partial charge in [-0.2, -0.15) is 0 Å². The maximum Gasteiger partial charge on any atom is 0.159 e. The number of fused-ring (bicyclic) bond motifs is 2. The van der Waals surface area contributed by atoms with Crippen LogP contribution < -0.4 is 0 Å². The second-order valence-electron chi connectivity index (χ2n) is 5.12. The lowest BCUT2D eigenvalue weighted by molar-refractivity contribution is -0.136. The third kappa shape index (κ3) is 1.24. The SMILES string of the molecule is C[C@H]1O[C@H]2C3=C(C(=O)CCC3)[C@@H]1C[C@@H]2C=O. The summed E-state index contributed by atoms with van der Waals surface area (Å²) in [4.78, 5) is 23.0. The molecule has 0 aromatic heterocycles. The van der Waals surface area contributed by atoms with E-state index < -0.39 is 0 Å². The second kappa shape index (κ2) is 3.52. The van der Waals surface area contributed by atoms with Crippen molar-refractivity contribution in [2.75, 3.05) is 0 Å². The van der Waals surface area contributed by atoms with Crippen LogP contribution in [0.5, 0.6) is 0 Å². The zero-order chi connectivity index (χ0) is 11.3. The standard InChI is InChI=1S/C13H16O3/c1-7-10-5-8(6-14)13(16-7)9-3-2-4-11(15)12(9)10/h6-8,10,13H,2-5H2,1H3/t7-,8-,10-,13-/m1/s1. The molecule has 0 unspecified atom stereocenters. The molecule has 4 atom stereocenters. The molecule has 2 bridgehead atoms. The number of carbonyl (C=O) groups excluding carboxylic acids is 2. The lowest BCUT2D eigenvalue weighted by atomic mass is 9.66. The third-order valence-corrected chi connectivity index (χ3v) is 4.23. The maximum absolute atomic E-state index is 12.0. The molecular formula is C13H16O3. The molecule has 0 spiro atoms. The summed E-state index contributed by atoms with van der Waals surface area (Å²) in [6.07, 6.45) is 4.36. The first-order chi connectivity index (χ1) is 7.72. The van der Waals surface area contributed by atoms with E-state index in [4.69, 9.17) is 4.74 Å². The van der Waals surface area contributed by atoms with Crippen LogP contribution in [0.15, 0.2) is 11.1 Å². The fourth-order valence-electron chi connectivity index (χ4n) is 3.48. The molecule has 2 heterocycles. The second-order valence-corrected chi connectivity index (χ2v) is 5.12. The van der Waals surface area contributed by atoms with E-state index in [0.29, 0.717) is 12.2 Å². The summed E-state index contributed by atoms with van der Waals surface area (Å²) in [6, 6.07) is 0. The van der Waals surface area contributed by atoms with Crippen molar-refractivity contribution in [2.24, 2.45) is 11.8 Å². The summed E-state index contributed by atoms with van der Waals surface area (Å²) in [5, 5.41) is 0. The predicted octanol–water partition coefficient (Wildman–Crippen LogP) is 1.66. The molecule has 3 heteroatoms. The van der Waals surface area contributed by atoms with Gasteiger partial charge in [0.05, 0.1) is 12.2 Å². The smallest absolute Gasteiger partial charge is 0.159 e. The molecule has 0 N–H and O–H groups in total. The highest BCUT2D eigenvalue weighted by molar-refractivity contribution is 5.98. The number of hydrogen-bond donors (Lipinski definition) is 0. The van der Waals surface area contributed by atoms with Gasteiger partial charge in [-0.15, -0.1) is 0 Å². The van der Waals surface area contributed by atoms with Crippen LogP contribution in [-0.2, 0) is 14.3 Å². The van der Waals surface area contributed by atoms with E-state index in [9.17, 15) is 9.59 Å². The monoisotopic (exact) mass is 220 g/mol. The highest BCUT2D eigenvalue weighted by atomic mass is 16.5. The van der Waals surface area contributed by atoms with E-state index in [0.717, 1.165) is 36.7 Å². The molecular weight excluding hydrogens is 204 g/mol. The number of aldehydes is 1. The highest BCUT2D eigenvalue weighted by Gasteiger charge is 2.48. The van der Waals surface area contributed by atoms with Crippen LogP contribution in [0.25, 0.3) is 0 Å². The summed E-state index contributed by atoms with van der Waals surface area (Å²) in [5.41, 5.74) is 2.16. The lowest BCUT2D eigenvalue weighted by Crippen LogP contribution is -2.50. The predicted molar refractivity (Wildman–Crippen MR) is 57.9 cm³/mol. The van der Waals surface area contributed by atoms with Crippen LogP contribution in [-0.4, -0.2) is 24.3 Å². The van der Waals surface area contributed by atoms with Gasteiger partial charge in [-0.1, -0.05) is 0 Å². The number of rotatable bonds is 1. The molecule has 0 saturated carbocycles. The first kappa shape index (κ1) is 10.2. The fraction of sp³-hybridized carbons (Fsp3) is 0.692. The van der Waals surface area contributed by atoms with Gasteiger partial charge in [0.1, 0.15) is 6.29 Å². The topological polar surface area (TPSA) is 43.4 Å². The summed E-state index contributed by atoms with van der Waals surface area (Å²) < 4.78 is 5.87. The minimum Gasteiger partial charge on any atom is -0.370 e. The summed E-state index contributed by atoms with van der Waals surface area (Å²) in [7, 11) is 0. The van der Waals surface area contributed by atoms with Crippen LogP contribution in [0.3, 0.4) is 0 Å². The van der Waals surface area contributed by atoms with Gasteiger partial charge in [-0.05, 0) is 31.8 Å². The van der Waals surface area contributed by atoms with Crippen LogP contribution in [0.4, 0.5) is 0 Å². The molecule has 1 saturated heterocycles. The molecule has 0 aromatic carbocycles. The average Bonchev–Trinajstić information content (AvgIpc) is 2.30. The molecule has 2 aliphatic heterocycles. The van der Waals surface area contributed by atoms with Gasteiger partial charge in [0.25, 0.3) is 0 Å². The van der Waals surface area contributed by atoms with Crippen molar-refractivity contribution in [1.82, 2.24) is 0 Å². The minimum atomic E-state index is -0.100. The molecule has 4 aliphatic rings. The van der Waals surface area contributed by atoms with Gasteiger partial charge in [0, 0.05) is 23.8 Å². The Morgan fingerprint density at radius 1 is 1.38 bits per heavy atom. The Balaban J connectivity index is 2.07. The molecule has 0 radical (unpaired) electrons. The Hall–Kier alpha value is -0.960. The zero-order valence-electron chi connectivity index (χ0n) is 9.44. The van der Waals surface area contributed by atoms with Crippen LogP contribution in [0, 0.1) is 11.8 Å². The van der Waals surface area contributed by atoms with Crippen LogP contribution in [0.1, 0.15) is 32.6 Å². The maximum atomic E-state index is 12.0. The van der Waals surface area contributed by atoms with Gasteiger partial charge in [0.2, 0.25) is 0 Å². The Labute approximate surface area is 94.8 Å². The Bertz CT molecular complexity index is 383. The van der Waals surface area contributed by atoms with Crippen molar-refractivity contribution < 1.29 is 14.3 Å². The Kier molecular flexibility index (Phi) is 2.25. The van der Waals surface area contributed by atoms with Crippen LogP contribution >= 0.6 is 0 Å². The van der Waals surface area contributed by atoms with Gasteiger partial charge < -0.3 is 9.53 Å². The normalized spacial score (nSPS) is 42.2. The van der Waals surface area contributed by atoms with Gasteiger partial charge in [0.15, 0.2) is 5.78 Å². The quantitative estimate of drug-likeness (QED) is 0.631. The molecule has 4 rings (SSSR count). The molecule has 86 valence electrons. The number of hydrogen-bond acceptors (Lipinski definition) is 3. The zero-order valence-corrected chi connectivity index (χ0v) is 9.44. The largest absolute Gasteiger partial charge is 0.370 e. The summed E-state index contributed by atoms with van der Waals surface area (Å²) in [6.45, 7) is 2.02. The molecule has 0 aromatic rings. The number of ketones is 1. The molecule has 1 fully saturated rings. The minimum absolute atomic E-state index is 0.0224. The number of ether oxygens (including phenoxy) is 1. The Morgan fingerprint density at radius 2 is 2.19 bits per heavy atom. The van der Waals surface area contributed by atoms with E-state index in [1.807, 2.05) is 6.92 Å². The number of Topliss-reactive ketones (excluding diaryl/α,β-unsaturated/α-hetero) is 1. The van der Waals surface area contributed by atoms with Gasteiger partial charge in [-0.3, -0.25) is 4.79 Å². The van der Waals surface area contributed by atoms with E-state index in [1.165, 1.54) is 0 Å². The average molecular weight is 220 g/mol. The summed E-state index contributed by atoms with van der Waals surface area (Å²) >= 11 is 0. The van der Waals surface area contributed by atoms with Crippen LogP contribution in [0.2, 0.25) is 0 Å². The van der Waals surface area contributed by atoms with Gasteiger partial charge >= 0.3 is 0 Å². The molecule has 0 amide bonds. The summed E-state index contributed by atoms with van der Waals surface area (Å²) in [5.74, 6) is 0.449. The third-order valence-electron chi connectivity index (χ3n) is 4.23. The van der Waals surface area contributed by atoms with Crippen molar-refractivity contribution in [3.8, 4) is 0 Å².